The highest BCUT2D eigenvalue weighted by molar-refractivity contribution is 5.90. The predicted molar refractivity (Wildman–Crippen MR) is 54.8 cm³/mol. The molecule has 1 aromatic heterocycles. The number of hydrogen-bond acceptors (Lipinski definition) is 1. The highest BCUT2D eigenvalue weighted by Gasteiger charge is 2.11. The molecule has 64 valence electrons. The van der Waals surface area contributed by atoms with Gasteiger partial charge in [-0.15, -0.1) is 0 Å². The Morgan fingerprint density at radius 2 is 2.15 bits per heavy atom. The van der Waals surface area contributed by atoms with Crippen LogP contribution in [-0.2, 0) is 6.42 Å². The Hall–Kier alpha value is -1.57. The SMILES string of the molecule is C1=Nc2[nH]c3ccccc3c2CC1. The van der Waals surface area contributed by atoms with Crippen molar-refractivity contribution in [2.24, 2.45) is 4.99 Å². The first-order chi connectivity index (χ1) is 6.45. The van der Waals surface area contributed by atoms with Gasteiger partial charge in [0.15, 0.2) is 0 Å². The fourth-order valence-electron chi connectivity index (χ4n) is 1.91. The molecule has 2 heteroatoms. The Morgan fingerprint density at radius 3 is 3.15 bits per heavy atom. The van der Waals surface area contributed by atoms with Crippen molar-refractivity contribution in [3.8, 4) is 0 Å². The third-order valence-electron chi connectivity index (χ3n) is 2.53. The van der Waals surface area contributed by atoms with Crippen molar-refractivity contribution < 1.29 is 0 Å². The molecule has 0 atom stereocenters. The van der Waals surface area contributed by atoms with Crippen LogP contribution in [0, 0.1) is 0 Å². The molecule has 1 aliphatic rings. The lowest BCUT2D eigenvalue weighted by Gasteiger charge is -2.02. The summed E-state index contributed by atoms with van der Waals surface area (Å²) >= 11 is 0. The van der Waals surface area contributed by atoms with Crippen LogP contribution in [0.1, 0.15) is 12.0 Å². The molecule has 0 unspecified atom stereocenters. The van der Waals surface area contributed by atoms with E-state index in [0.29, 0.717) is 0 Å². The molecule has 2 aromatic rings. The molecule has 0 spiro atoms. The predicted octanol–water partition coefficient (Wildman–Crippen LogP) is 2.82. The molecule has 2 nitrogen and oxygen atoms in total. The summed E-state index contributed by atoms with van der Waals surface area (Å²) in [5.41, 5.74) is 2.57. The average Bonchev–Trinajstić information content (AvgIpc) is 2.56. The topological polar surface area (TPSA) is 28.1 Å². The second kappa shape index (κ2) is 2.46. The largest absolute Gasteiger partial charge is 0.340 e. The Labute approximate surface area is 76.3 Å². The third-order valence-corrected chi connectivity index (χ3v) is 2.53. The minimum absolute atomic E-state index is 1.05. The van der Waals surface area contributed by atoms with Crippen LogP contribution >= 0.6 is 0 Å². The van der Waals surface area contributed by atoms with Gasteiger partial charge in [0.25, 0.3) is 0 Å². The maximum absolute atomic E-state index is 4.35. The number of para-hydroxylation sites is 1. The van der Waals surface area contributed by atoms with Crippen molar-refractivity contribution >= 4 is 22.9 Å². The number of hydrogen-bond donors (Lipinski definition) is 1. The molecule has 0 aliphatic carbocycles. The van der Waals surface area contributed by atoms with Gasteiger partial charge < -0.3 is 4.98 Å². The zero-order chi connectivity index (χ0) is 8.67. The van der Waals surface area contributed by atoms with Crippen molar-refractivity contribution in [3.63, 3.8) is 0 Å². The van der Waals surface area contributed by atoms with Crippen LogP contribution < -0.4 is 0 Å². The molecular weight excluding hydrogens is 160 g/mol. The fraction of sp³-hybridized carbons (Fsp3) is 0.182. The van der Waals surface area contributed by atoms with E-state index < -0.39 is 0 Å². The Morgan fingerprint density at radius 1 is 1.23 bits per heavy atom. The molecule has 1 aliphatic heterocycles. The molecule has 0 radical (unpaired) electrons. The van der Waals surface area contributed by atoms with Crippen LogP contribution in [-0.4, -0.2) is 11.2 Å². The van der Waals surface area contributed by atoms with Crippen LogP contribution in [0.3, 0.4) is 0 Å². The molecule has 13 heavy (non-hydrogen) atoms. The van der Waals surface area contributed by atoms with E-state index in [2.05, 4.69) is 28.2 Å². The lowest BCUT2D eigenvalue weighted by molar-refractivity contribution is 1.03. The van der Waals surface area contributed by atoms with E-state index in [1.54, 1.807) is 0 Å². The van der Waals surface area contributed by atoms with Gasteiger partial charge >= 0.3 is 0 Å². The first kappa shape index (κ1) is 6.89. The summed E-state index contributed by atoms with van der Waals surface area (Å²) in [4.78, 5) is 7.67. The van der Waals surface area contributed by atoms with Crippen molar-refractivity contribution in [2.75, 3.05) is 0 Å². The number of aromatic amines is 1. The van der Waals surface area contributed by atoms with Crippen molar-refractivity contribution in [3.05, 3.63) is 29.8 Å². The third kappa shape index (κ3) is 0.917. The first-order valence-electron chi connectivity index (χ1n) is 4.57. The Bertz CT molecular complexity index is 480. The lowest BCUT2D eigenvalue weighted by atomic mass is 10.1. The van der Waals surface area contributed by atoms with Crippen molar-refractivity contribution in [1.29, 1.82) is 0 Å². The van der Waals surface area contributed by atoms with E-state index in [0.717, 1.165) is 18.7 Å². The van der Waals surface area contributed by atoms with E-state index in [1.165, 1.54) is 16.5 Å². The molecule has 1 N–H and O–H groups in total. The van der Waals surface area contributed by atoms with E-state index in [-0.39, 0.29) is 0 Å². The van der Waals surface area contributed by atoms with Crippen LogP contribution in [0.25, 0.3) is 10.9 Å². The molecular formula is C11H10N2. The first-order valence-corrected chi connectivity index (χ1v) is 4.57. The minimum atomic E-state index is 1.05. The van der Waals surface area contributed by atoms with Gasteiger partial charge in [-0.05, 0) is 18.9 Å². The van der Waals surface area contributed by atoms with E-state index in [9.17, 15) is 0 Å². The number of benzene rings is 1. The van der Waals surface area contributed by atoms with Gasteiger partial charge in [-0.25, -0.2) is 4.99 Å². The van der Waals surface area contributed by atoms with Gasteiger partial charge in [0.1, 0.15) is 5.82 Å². The monoisotopic (exact) mass is 170 g/mol. The summed E-state index contributed by atoms with van der Waals surface area (Å²) in [5.74, 6) is 1.05. The second-order valence-corrected chi connectivity index (χ2v) is 3.35. The molecule has 0 saturated carbocycles. The second-order valence-electron chi connectivity index (χ2n) is 3.35. The van der Waals surface area contributed by atoms with Crippen LogP contribution in [0.4, 0.5) is 5.82 Å². The highest BCUT2D eigenvalue weighted by Crippen LogP contribution is 2.30. The van der Waals surface area contributed by atoms with Gasteiger partial charge in [0.2, 0.25) is 0 Å². The van der Waals surface area contributed by atoms with Crippen molar-refractivity contribution in [2.45, 2.75) is 12.8 Å². The summed E-state index contributed by atoms with van der Waals surface area (Å²) < 4.78 is 0. The molecule has 0 amide bonds. The lowest BCUT2D eigenvalue weighted by Crippen LogP contribution is -1.90. The number of rotatable bonds is 0. The normalized spacial score (nSPS) is 14.8. The molecule has 1 aromatic carbocycles. The number of H-pyrrole nitrogens is 1. The molecule has 0 fully saturated rings. The van der Waals surface area contributed by atoms with E-state index >= 15 is 0 Å². The van der Waals surface area contributed by atoms with Crippen LogP contribution in [0.15, 0.2) is 29.3 Å². The standard InChI is InChI=1S/C11H10N2/c1-2-6-10-8(4-1)9-5-3-7-12-11(9)13-10/h1-2,4,6-7,13H,3,5H2. The van der Waals surface area contributed by atoms with Gasteiger partial charge in [-0.1, -0.05) is 18.2 Å². The summed E-state index contributed by atoms with van der Waals surface area (Å²) in [5, 5.41) is 1.33. The zero-order valence-electron chi connectivity index (χ0n) is 7.25. The molecule has 2 heterocycles. The Kier molecular flexibility index (Phi) is 1.30. The van der Waals surface area contributed by atoms with Crippen LogP contribution in [0.5, 0.6) is 0 Å². The van der Waals surface area contributed by atoms with Crippen molar-refractivity contribution in [1.82, 2.24) is 4.98 Å². The highest BCUT2D eigenvalue weighted by atomic mass is 14.9. The number of nitrogens with one attached hydrogen (secondary N) is 1. The summed E-state index contributed by atoms with van der Waals surface area (Å²) in [6, 6.07) is 8.39. The number of aryl methyl sites for hydroxylation is 1. The van der Waals surface area contributed by atoms with Gasteiger partial charge in [0, 0.05) is 22.7 Å². The fourth-order valence-corrected chi connectivity index (χ4v) is 1.91. The summed E-state index contributed by atoms with van der Waals surface area (Å²) in [6.07, 6.45) is 4.16. The van der Waals surface area contributed by atoms with Crippen LogP contribution in [0.2, 0.25) is 0 Å². The summed E-state index contributed by atoms with van der Waals surface area (Å²) in [6.45, 7) is 0. The zero-order valence-corrected chi connectivity index (χ0v) is 7.25. The minimum Gasteiger partial charge on any atom is -0.340 e. The van der Waals surface area contributed by atoms with E-state index in [1.807, 2.05) is 12.3 Å². The molecule has 0 bridgehead atoms. The number of nitrogens with zero attached hydrogens (tertiary/aromatic N) is 1. The van der Waals surface area contributed by atoms with Gasteiger partial charge in [-0.2, -0.15) is 0 Å². The smallest absolute Gasteiger partial charge is 0.133 e. The Balaban J connectivity index is 2.41. The maximum Gasteiger partial charge on any atom is 0.133 e. The number of aliphatic imine (C=N–C) groups is 1. The average molecular weight is 170 g/mol. The quantitative estimate of drug-likeness (QED) is 0.629. The maximum atomic E-state index is 4.35. The molecule has 3 rings (SSSR count). The van der Waals surface area contributed by atoms with Gasteiger partial charge in [0.05, 0.1) is 0 Å². The molecule has 0 saturated heterocycles. The number of aromatic nitrogens is 1. The number of fused-ring (bicyclic) bond motifs is 3. The van der Waals surface area contributed by atoms with E-state index in [4.69, 9.17) is 0 Å². The summed E-state index contributed by atoms with van der Waals surface area (Å²) in [7, 11) is 0. The van der Waals surface area contributed by atoms with Gasteiger partial charge in [-0.3, -0.25) is 0 Å².